The van der Waals surface area contributed by atoms with E-state index in [9.17, 15) is 13.2 Å². The van der Waals surface area contributed by atoms with Crippen molar-refractivity contribution in [2.75, 3.05) is 17.7 Å². The normalized spacial score (nSPS) is 16.8. The Hall–Kier alpha value is -4.45. The van der Waals surface area contributed by atoms with Crippen LogP contribution in [0, 0.1) is 0 Å². The van der Waals surface area contributed by atoms with E-state index in [4.69, 9.17) is 5.73 Å². The van der Waals surface area contributed by atoms with E-state index in [1.165, 1.54) is 13.4 Å². The van der Waals surface area contributed by atoms with Crippen molar-refractivity contribution in [3.63, 3.8) is 0 Å². The second kappa shape index (κ2) is 8.64. The zero-order chi connectivity index (χ0) is 25.5. The van der Waals surface area contributed by atoms with Crippen LogP contribution in [0.3, 0.4) is 0 Å². The lowest BCUT2D eigenvalue weighted by molar-refractivity contribution is -0.141. The molecule has 1 aliphatic rings. The van der Waals surface area contributed by atoms with E-state index in [1.54, 1.807) is 49.8 Å². The molecule has 3 aromatic heterocycles. The molecule has 9 nitrogen and oxygen atoms in total. The van der Waals surface area contributed by atoms with Crippen molar-refractivity contribution in [1.82, 2.24) is 30.0 Å². The molecule has 0 saturated carbocycles. The van der Waals surface area contributed by atoms with Gasteiger partial charge in [-0.1, -0.05) is 12.1 Å². The van der Waals surface area contributed by atoms with E-state index in [0.29, 0.717) is 34.1 Å². The first-order valence-corrected chi connectivity index (χ1v) is 10.9. The van der Waals surface area contributed by atoms with Crippen LogP contribution in [-0.4, -0.2) is 31.8 Å². The van der Waals surface area contributed by atoms with Gasteiger partial charge in [0, 0.05) is 48.7 Å². The van der Waals surface area contributed by atoms with Gasteiger partial charge in [0.2, 0.25) is 0 Å². The summed E-state index contributed by atoms with van der Waals surface area (Å²) >= 11 is 0. The predicted molar refractivity (Wildman–Crippen MR) is 130 cm³/mol. The zero-order valence-corrected chi connectivity index (χ0v) is 19.3. The minimum Gasteiger partial charge on any atom is -0.373 e. The number of hydrogen-bond acceptors (Lipinski definition) is 8. The van der Waals surface area contributed by atoms with Gasteiger partial charge in [-0.2, -0.15) is 18.3 Å². The Morgan fingerprint density at radius 2 is 1.92 bits per heavy atom. The lowest BCUT2D eigenvalue weighted by atomic mass is 9.88. The summed E-state index contributed by atoms with van der Waals surface area (Å²) < 4.78 is 41.1. The lowest BCUT2D eigenvalue weighted by Crippen LogP contribution is -2.52. The summed E-state index contributed by atoms with van der Waals surface area (Å²) in [6.45, 7) is 0. The molecule has 0 amide bonds. The van der Waals surface area contributed by atoms with E-state index in [0.717, 1.165) is 16.3 Å². The highest BCUT2D eigenvalue weighted by Gasteiger charge is 2.41. The summed E-state index contributed by atoms with van der Waals surface area (Å²) in [5.74, 6) is 1.20. The number of aryl methyl sites for hydroxylation is 1. The summed E-state index contributed by atoms with van der Waals surface area (Å²) in [4.78, 5) is 13.0. The van der Waals surface area contributed by atoms with Crippen LogP contribution in [0.15, 0.2) is 61.2 Å². The first-order chi connectivity index (χ1) is 17.2. The molecule has 1 aromatic carbocycles. The molecular weight excluding hydrogens is 471 g/mol. The van der Waals surface area contributed by atoms with E-state index in [1.807, 2.05) is 12.1 Å². The van der Waals surface area contributed by atoms with Crippen molar-refractivity contribution in [3.05, 3.63) is 83.7 Å². The number of rotatable bonds is 5. The van der Waals surface area contributed by atoms with Crippen LogP contribution >= 0.6 is 0 Å². The minimum absolute atomic E-state index is 0.164. The number of alkyl halides is 3. The Labute approximate surface area is 204 Å². The number of hydrogen-bond donors (Lipinski definition) is 4. The van der Waals surface area contributed by atoms with Gasteiger partial charge in [-0.3, -0.25) is 10.4 Å². The molecule has 4 aromatic rings. The van der Waals surface area contributed by atoms with Gasteiger partial charge < -0.3 is 16.0 Å². The van der Waals surface area contributed by atoms with Crippen LogP contribution in [0.4, 0.5) is 30.5 Å². The van der Waals surface area contributed by atoms with E-state index in [2.05, 4.69) is 36.0 Å². The Kier molecular flexibility index (Phi) is 5.59. The molecule has 12 heteroatoms. The molecule has 0 radical (unpaired) electrons. The van der Waals surface area contributed by atoms with Crippen LogP contribution in [0.5, 0.6) is 0 Å². The topological polar surface area (TPSA) is 119 Å². The highest BCUT2D eigenvalue weighted by atomic mass is 19.4. The first kappa shape index (κ1) is 23.3. The number of nitrogens with one attached hydrogen (secondary N) is 3. The summed E-state index contributed by atoms with van der Waals surface area (Å²) in [5.41, 5.74) is 7.75. The molecule has 1 atom stereocenters. The Morgan fingerprint density at radius 1 is 1.08 bits per heavy atom. The molecule has 0 saturated heterocycles. The third kappa shape index (κ3) is 4.01. The standard InChI is InChI=1S/C24H22F3N9/c1-29-21-11-18(31-13-32-21)15-5-4-9-30-22(15)34-17-7-3-6-16-14(17)8-10-33-23(16,28)20-12-19(24(25,26)27)35-36(20)2/h3-13,33H,28H2,1-2H3,(H,30,34)(H,29,31,32). The van der Waals surface area contributed by atoms with Gasteiger partial charge in [0.15, 0.2) is 11.4 Å². The maximum atomic E-state index is 13.3. The van der Waals surface area contributed by atoms with Crippen molar-refractivity contribution in [3.8, 4) is 11.3 Å². The molecular formula is C24H22F3N9. The number of benzene rings is 1. The van der Waals surface area contributed by atoms with Gasteiger partial charge in [-0.15, -0.1) is 0 Å². The second-order valence-corrected chi connectivity index (χ2v) is 8.15. The smallest absolute Gasteiger partial charge is 0.373 e. The molecule has 5 N–H and O–H groups in total. The number of nitrogens with zero attached hydrogens (tertiary/aromatic N) is 5. The number of halogens is 3. The molecule has 184 valence electrons. The summed E-state index contributed by atoms with van der Waals surface area (Å²) in [7, 11) is 3.20. The monoisotopic (exact) mass is 493 g/mol. The lowest BCUT2D eigenvalue weighted by Gasteiger charge is -2.35. The number of anilines is 3. The summed E-state index contributed by atoms with van der Waals surface area (Å²) in [6, 6.07) is 11.8. The molecule has 0 spiro atoms. The highest BCUT2D eigenvalue weighted by molar-refractivity contribution is 5.82. The van der Waals surface area contributed by atoms with E-state index >= 15 is 0 Å². The van der Waals surface area contributed by atoms with Gasteiger partial charge in [0.1, 0.15) is 18.0 Å². The third-order valence-corrected chi connectivity index (χ3v) is 5.93. The highest BCUT2D eigenvalue weighted by Crippen LogP contribution is 2.38. The largest absolute Gasteiger partial charge is 0.435 e. The zero-order valence-electron chi connectivity index (χ0n) is 19.3. The molecule has 0 fully saturated rings. The maximum Gasteiger partial charge on any atom is 0.435 e. The number of aromatic nitrogens is 5. The van der Waals surface area contributed by atoms with Gasteiger partial charge in [-0.05, 0) is 36.5 Å². The minimum atomic E-state index is -4.59. The maximum absolute atomic E-state index is 13.3. The molecule has 5 rings (SSSR count). The predicted octanol–water partition coefficient (Wildman–Crippen LogP) is 3.81. The molecule has 0 aliphatic carbocycles. The fourth-order valence-corrected chi connectivity index (χ4v) is 4.20. The van der Waals surface area contributed by atoms with Crippen molar-refractivity contribution < 1.29 is 13.2 Å². The molecule has 1 aliphatic heterocycles. The van der Waals surface area contributed by atoms with Crippen LogP contribution in [-0.2, 0) is 18.9 Å². The van der Waals surface area contributed by atoms with Crippen molar-refractivity contribution in [1.29, 1.82) is 0 Å². The van der Waals surface area contributed by atoms with Gasteiger partial charge in [0.05, 0.1) is 11.4 Å². The number of fused-ring (bicyclic) bond motifs is 1. The fourth-order valence-electron chi connectivity index (χ4n) is 4.20. The van der Waals surface area contributed by atoms with Crippen LogP contribution in [0.2, 0.25) is 0 Å². The van der Waals surface area contributed by atoms with Crippen LogP contribution in [0.1, 0.15) is 22.5 Å². The van der Waals surface area contributed by atoms with Gasteiger partial charge in [-0.25, -0.2) is 15.0 Å². The van der Waals surface area contributed by atoms with E-state index < -0.39 is 17.5 Å². The van der Waals surface area contributed by atoms with Crippen molar-refractivity contribution in [2.24, 2.45) is 12.8 Å². The average Bonchev–Trinajstić information content (AvgIpc) is 3.28. The Bertz CT molecular complexity index is 1460. The summed E-state index contributed by atoms with van der Waals surface area (Å²) in [5, 5.41) is 13.0. The second-order valence-electron chi connectivity index (χ2n) is 8.15. The summed E-state index contributed by atoms with van der Waals surface area (Å²) in [6.07, 6.45) is 1.93. The van der Waals surface area contributed by atoms with Gasteiger partial charge >= 0.3 is 6.18 Å². The van der Waals surface area contributed by atoms with E-state index in [-0.39, 0.29) is 5.69 Å². The van der Waals surface area contributed by atoms with Crippen LogP contribution in [0.25, 0.3) is 17.3 Å². The molecule has 1 unspecified atom stereocenters. The Balaban J connectivity index is 1.57. The molecule has 36 heavy (non-hydrogen) atoms. The SMILES string of the molecule is CNc1cc(-c2cccnc2Nc2cccc3c2C=CNC3(N)c2cc(C(F)(F)F)nn2C)ncn1. The van der Waals surface area contributed by atoms with Crippen LogP contribution < -0.4 is 21.7 Å². The van der Waals surface area contributed by atoms with Crippen molar-refractivity contribution in [2.45, 2.75) is 11.8 Å². The van der Waals surface area contributed by atoms with Crippen molar-refractivity contribution >= 4 is 23.4 Å². The fraction of sp³-hybridized carbons (Fsp3) is 0.167. The number of nitrogens with two attached hydrogens (primary N) is 1. The quantitative estimate of drug-likeness (QED) is 0.332. The van der Waals surface area contributed by atoms with Gasteiger partial charge in [0.25, 0.3) is 0 Å². The molecule has 4 heterocycles. The first-order valence-electron chi connectivity index (χ1n) is 10.9. The Morgan fingerprint density at radius 3 is 2.67 bits per heavy atom. The average molecular weight is 493 g/mol. The third-order valence-electron chi connectivity index (χ3n) is 5.93. The number of pyridine rings is 1. The molecule has 0 bridgehead atoms.